The van der Waals surface area contributed by atoms with Crippen LogP contribution in [0.15, 0.2) is 59.3 Å². The highest BCUT2D eigenvalue weighted by Gasteiger charge is 2.35. The van der Waals surface area contributed by atoms with E-state index in [1.165, 1.54) is 6.92 Å². The van der Waals surface area contributed by atoms with Crippen molar-refractivity contribution < 1.29 is 32.6 Å². The fraction of sp³-hybridized carbons (Fsp3) is 0.118. The van der Waals surface area contributed by atoms with Crippen LogP contribution in [0.2, 0.25) is 0 Å². The van der Waals surface area contributed by atoms with Crippen LogP contribution in [0.3, 0.4) is 0 Å². The Morgan fingerprint density at radius 2 is 1.65 bits per heavy atom. The minimum absolute atomic E-state index is 0.0809. The second-order valence-corrected chi connectivity index (χ2v) is 6.55. The van der Waals surface area contributed by atoms with E-state index in [1.807, 2.05) is 0 Å². The molecule has 0 aliphatic carbocycles. The zero-order valence-corrected chi connectivity index (χ0v) is 13.7. The van der Waals surface area contributed by atoms with E-state index in [4.69, 9.17) is 16.1 Å². The number of hydrogen-bond donors (Lipinski definition) is 1. The first-order valence-electron chi connectivity index (χ1n) is 10.8. The van der Waals surface area contributed by atoms with E-state index in [0.717, 1.165) is 0 Å². The molecule has 0 atom stereocenters. The summed E-state index contributed by atoms with van der Waals surface area (Å²) < 4.78 is 129. The fourth-order valence-electron chi connectivity index (χ4n) is 1.91. The van der Waals surface area contributed by atoms with Gasteiger partial charge in [-0.1, -0.05) is 29.7 Å². The molecule has 0 unspecified atom stereocenters. The van der Waals surface area contributed by atoms with Crippen molar-refractivity contribution in [3.05, 3.63) is 65.7 Å². The highest BCUT2D eigenvalue weighted by molar-refractivity contribution is 7.89. The molecule has 0 aliphatic rings. The molecule has 0 spiro atoms. The molecule has 1 heterocycles. The number of hydrogen-bond acceptors (Lipinski definition) is 3. The summed E-state index contributed by atoms with van der Waals surface area (Å²) in [5.74, 6) is 0. The highest BCUT2D eigenvalue weighted by Crippen LogP contribution is 2.33. The lowest BCUT2D eigenvalue weighted by molar-refractivity contribution is -0.141. The molecule has 0 aliphatic heterocycles. The third kappa shape index (κ3) is 3.63. The lowest BCUT2D eigenvalue weighted by Gasteiger charge is -2.09. The van der Waals surface area contributed by atoms with Crippen LogP contribution in [0, 0.1) is 6.92 Å². The van der Waals surface area contributed by atoms with Crippen molar-refractivity contribution in [2.45, 2.75) is 18.0 Å². The molecule has 1 aromatic heterocycles. The van der Waals surface area contributed by atoms with Crippen molar-refractivity contribution in [2.24, 2.45) is 5.14 Å². The molecule has 0 saturated heterocycles. The number of alkyl halides is 3. The summed E-state index contributed by atoms with van der Waals surface area (Å²) >= 11 is 0. The molecule has 2 aromatic carbocycles. The molecule has 0 saturated carbocycles. The van der Waals surface area contributed by atoms with Gasteiger partial charge >= 0.3 is 6.18 Å². The molecule has 0 fully saturated rings. The summed E-state index contributed by atoms with van der Waals surface area (Å²) in [6, 6.07) is -6.75. The zero-order valence-electron chi connectivity index (χ0n) is 20.9. The van der Waals surface area contributed by atoms with E-state index in [-0.39, 0.29) is 10.2 Å². The number of rotatable bonds is 3. The van der Waals surface area contributed by atoms with Crippen molar-refractivity contribution in [3.63, 3.8) is 0 Å². The minimum atomic E-state index is -5.08. The first-order valence-corrected chi connectivity index (χ1v) is 8.33. The molecule has 0 bridgehead atoms. The zero-order chi connectivity index (χ0) is 26.1. The third-order valence-electron chi connectivity index (χ3n) is 3.09. The number of halogens is 3. The maximum absolute atomic E-state index is 13.5. The molecule has 0 radical (unpaired) electrons. The topological polar surface area (TPSA) is 78.0 Å². The van der Waals surface area contributed by atoms with Crippen LogP contribution in [0.4, 0.5) is 13.2 Å². The number of aromatic nitrogens is 2. The largest absolute Gasteiger partial charge is 0.435 e. The van der Waals surface area contributed by atoms with E-state index >= 15 is 0 Å². The molecule has 3 aromatic rings. The van der Waals surface area contributed by atoms with Crippen LogP contribution < -0.4 is 5.14 Å². The van der Waals surface area contributed by atoms with Gasteiger partial charge in [0.2, 0.25) is 10.0 Å². The number of nitrogens with two attached hydrogens (primary N) is 1. The Morgan fingerprint density at radius 3 is 2.15 bits per heavy atom. The van der Waals surface area contributed by atoms with Crippen molar-refractivity contribution in [1.82, 2.24) is 9.78 Å². The molecule has 26 heavy (non-hydrogen) atoms. The lowest BCUT2D eigenvalue weighted by atomic mass is 10.1. The van der Waals surface area contributed by atoms with Gasteiger partial charge in [0.25, 0.3) is 0 Å². The predicted octanol–water partition coefficient (Wildman–Crippen LogP) is 3.51. The van der Waals surface area contributed by atoms with Crippen LogP contribution in [0.25, 0.3) is 16.9 Å². The Hall–Kier alpha value is -2.65. The van der Waals surface area contributed by atoms with Gasteiger partial charge in [0.15, 0.2) is 5.69 Å². The average molecular weight is 389 g/mol. The first-order chi connectivity index (χ1) is 15.4. The molecule has 5 nitrogen and oxygen atoms in total. The predicted molar refractivity (Wildman–Crippen MR) is 90.1 cm³/mol. The van der Waals surface area contributed by atoms with Gasteiger partial charge in [-0.25, -0.2) is 18.2 Å². The Bertz CT molecular complexity index is 1410. The fourth-order valence-corrected chi connectivity index (χ4v) is 2.30. The summed E-state index contributed by atoms with van der Waals surface area (Å²) in [6.07, 6.45) is -5.08. The standard InChI is InChI=1S/C17H14F3N3O2S/c1-11-2-4-12(5-3-11)15-10-16(17(18,19)20)22-23(15)13-6-8-14(9-7-13)26(21,24)25/h2-10H,1H3,(H2,21,24,25)/i2D,3D,4D,5D,6D,7D,8D,9D. The molecule has 0 amide bonds. The molecule has 3 rings (SSSR count). The first kappa shape index (κ1) is 10.5. The van der Waals surface area contributed by atoms with Crippen LogP contribution >= 0.6 is 0 Å². The summed E-state index contributed by atoms with van der Waals surface area (Å²) in [5, 5.41) is 8.26. The second-order valence-electron chi connectivity index (χ2n) is 5.05. The average Bonchev–Trinajstić information content (AvgIpc) is 3.14. The number of nitrogens with zero attached hydrogens (tertiary/aromatic N) is 2. The minimum Gasteiger partial charge on any atom is -0.233 e. The monoisotopic (exact) mass is 389 g/mol. The van der Waals surface area contributed by atoms with Gasteiger partial charge in [-0.2, -0.15) is 18.3 Å². The second kappa shape index (κ2) is 6.26. The Morgan fingerprint density at radius 1 is 1.08 bits per heavy atom. The normalized spacial score (nSPS) is 16.7. The van der Waals surface area contributed by atoms with Crippen LogP contribution in [0.5, 0.6) is 0 Å². The molecular weight excluding hydrogens is 367 g/mol. The van der Waals surface area contributed by atoms with E-state index in [2.05, 4.69) is 5.10 Å². The van der Waals surface area contributed by atoms with Gasteiger partial charge in [0.05, 0.1) is 27.2 Å². The summed E-state index contributed by atoms with van der Waals surface area (Å²) in [5.41, 5.74) is -3.94. The quantitative estimate of drug-likeness (QED) is 0.745. The Kier molecular flexibility index (Phi) is 2.52. The third-order valence-corrected chi connectivity index (χ3v) is 3.86. The van der Waals surface area contributed by atoms with E-state index in [0.29, 0.717) is 6.07 Å². The van der Waals surface area contributed by atoms with Crippen molar-refractivity contribution in [2.75, 3.05) is 0 Å². The van der Waals surface area contributed by atoms with E-state index < -0.39 is 92.1 Å². The smallest absolute Gasteiger partial charge is 0.233 e. The SMILES string of the molecule is [2H]c1c([2H])c(-c2cc(C(F)(F)F)nn2-c2c([2H])c([2H])c(S(N)(=O)=O)c([2H])c2[2H])c([2H])c([2H])c1C. The molecular formula is C17H14F3N3O2S. The summed E-state index contributed by atoms with van der Waals surface area (Å²) in [7, 11) is -4.75. The maximum atomic E-state index is 13.5. The number of sulfonamides is 1. The van der Waals surface area contributed by atoms with Gasteiger partial charge in [-0.05, 0) is 37.2 Å². The highest BCUT2D eigenvalue weighted by atomic mass is 32.2. The summed E-state index contributed by atoms with van der Waals surface area (Å²) in [4.78, 5) is -1.18. The number of primary sulfonamides is 1. The lowest BCUT2D eigenvalue weighted by Crippen LogP contribution is -2.12. The van der Waals surface area contributed by atoms with Crippen molar-refractivity contribution >= 4 is 10.0 Å². The van der Waals surface area contributed by atoms with Crippen molar-refractivity contribution in [1.29, 1.82) is 0 Å². The van der Waals surface area contributed by atoms with E-state index in [9.17, 15) is 21.6 Å². The molecule has 9 heteroatoms. The molecule has 136 valence electrons. The van der Waals surface area contributed by atoms with Gasteiger partial charge in [-0.15, -0.1) is 0 Å². The van der Waals surface area contributed by atoms with Crippen molar-refractivity contribution in [3.8, 4) is 16.9 Å². The Labute approximate surface area is 159 Å². The summed E-state index contributed by atoms with van der Waals surface area (Å²) in [6.45, 7) is 1.28. The maximum Gasteiger partial charge on any atom is 0.435 e. The van der Waals surface area contributed by atoms with Gasteiger partial charge < -0.3 is 0 Å². The number of benzene rings is 2. The van der Waals surface area contributed by atoms with Gasteiger partial charge in [0, 0.05) is 5.56 Å². The van der Waals surface area contributed by atoms with Crippen LogP contribution in [-0.2, 0) is 16.2 Å². The van der Waals surface area contributed by atoms with Gasteiger partial charge in [-0.3, -0.25) is 0 Å². The molecule has 2 N–H and O–H groups in total. The van der Waals surface area contributed by atoms with E-state index in [1.54, 1.807) is 0 Å². The van der Waals surface area contributed by atoms with Crippen LogP contribution in [0.1, 0.15) is 22.2 Å². The van der Waals surface area contributed by atoms with Gasteiger partial charge in [0.1, 0.15) is 0 Å². The van der Waals surface area contributed by atoms with Crippen LogP contribution in [-0.4, -0.2) is 18.2 Å². The Balaban J connectivity index is 2.55.